The Morgan fingerprint density at radius 3 is 2.36 bits per heavy atom. The quantitative estimate of drug-likeness (QED) is 0.623. The molecule has 0 bridgehead atoms. The Labute approximate surface area is 84.1 Å². The van der Waals surface area contributed by atoms with E-state index in [9.17, 15) is 4.79 Å². The maximum atomic E-state index is 11.3. The zero-order valence-electron chi connectivity index (χ0n) is 8.49. The van der Waals surface area contributed by atoms with Crippen LogP contribution >= 0.6 is 0 Å². The molecule has 2 unspecified atom stereocenters. The summed E-state index contributed by atoms with van der Waals surface area (Å²) >= 11 is 0. The molecule has 0 aliphatic carbocycles. The third-order valence-corrected chi connectivity index (χ3v) is 1.85. The van der Waals surface area contributed by atoms with E-state index in [1.54, 1.807) is 6.92 Å². The second-order valence-corrected chi connectivity index (χ2v) is 2.88. The average Bonchev–Trinajstić information content (AvgIpc) is 2.18. The van der Waals surface area contributed by atoms with Crippen LogP contribution in [0.2, 0.25) is 0 Å². The molecule has 0 aliphatic heterocycles. The van der Waals surface area contributed by atoms with Crippen molar-refractivity contribution in [3.63, 3.8) is 0 Å². The summed E-state index contributed by atoms with van der Waals surface area (Å²) in [7, 11) is 0. The zero-order valence-corrected chi connectivity index (χ0v) is 8.49. The number of carbonyl (C=O) groups is 1. The minimum absolute atomic E-state index is 0.237. The summed E-state index contributed by atoms with van der Waals surface area (Å²) in [6.45, 7) is 3.82. The van der Waals surface area contributed by atoms with Crippen LogP contribution in [0, 0.1) is 34.5 Å². The minimum Gasteiger partial charge on any atom is -0.465 e. The molecule has 0 rings (SSSR count). The van der Waals surface area contributed by atoms with Gasteiger partial charge in [0.15, 0.2) is 5.92 Å². The second-order valence-electron chi connectivity index (χ2n) is 2.88. The molecule has 0 fully saturated rings. The Balaban J connectivity index is 4.46. The SMILES string of the molecule is CCCC(C#N)C(C#N)C(=O)OCC. The van der Waals surface area contributed by atoms with Gasteiger partial charge in [0.25, 0.3) is 0 Å². The van der Waals surface area contributed by atoms with E-state index in [0.29, 0.717) is 6.42 Å². The van der Waals surface area contributed by atoms with Crippen LogP contribution in [0.15, 0.2) is 0 Å². The summed E-state index contributed by atoms with van der Waals surface area (Å²) in [4.78, 5) is 11.3. The Kier molecular flexibility index (Phi) is 6.15. The molecule has 0 spiro atoms. The number of esters is 1. The summed E-state index contributed by atoms with van der Waals surface area (Å²) in [5.74, 6) is -2.08. The smallest absolute Gasteiger partial charge is 0.324 e. The predicted molar refractivity (Wildman–Crippen MR) is 49.7 cm³/mol. The third-order valence-electron chi connectivity index (χ3n) is 1.85. The van der Waals surface area contributed by atoms with Crippen molar-refractivity contribution >= 4 is 5.97 Å². The summed E-state index contributed by atoms with van der Waals surface area (Å²) in [6.07, 6.45) is 1.32. The van der Waals surface area contributed by atoms with Crippen molar-refractivity contribution in [3.05, 3.63) is 0 Å². The monoisotopic (exact) mass is 194 g/mol. The van der Waals surface area contributed by atoms with Crippen molar-refractivity contribution in [1.29, 1.82) is 10.5 Å². The van der Waals surface area contributed by atoms with Crippen LogP contribution in [-0.4, -0.2) is 12.6 Å². The lowest BCUT2D eigenvalue weighted by atomic mass is 9.91. The van der Waals surface area contributed by atoms with Crippen molar-refractivity contribution < 1.29 is 9.53 Å². The van der Waals surface area contributed by atoms with Crippen LogP contribution < -0.4 is 0 Å². The molecule has 76 valence electrons. The van der Waals surface area contributed by atoms with Gasteiger partial charge in [0.05, 0.1) is 24.7 Å². The van der Waals surface area contributed by atoms with E-state index in [1.807, 2.05) is 19.1 Å². The van der Waals surface area contributed by atoms with Gasteiger partial charge in [-0.05, 0) is 13.3 Å². The van der Waals surface area contributed by atoms with Crippen molar-refractivity contribution in [2.24, 2.45) is 11.8 Å². The molecular weight excluding hydrogens is 180 g/mol. The lowest BCUT2D eigenvalue weighted by Crippen LogP contribution is -2.23. The van der Waals surface area contributed by atoms with Gasteiger partial charge in [-0.1, -0.05) is 13.3 Å². The topological polar surface area (TPSA) is 73.9 Å². The molecule has 0 amide bonds. The highest BCUT2D eigenvalue weighted by molar-refractivity contribution is 5.76. The lowest BCUT2D eigenvalue weighted by molar-refractivity contribution is -0.147. The molecule has 0 aliphatic rings. The maximum Gasteiger partial charge on any atom is 0.324 e. The maximum absolute atomic E-state index is 11.3. The fourth-order valence-corrected chi connectivity index (χ4v) is 1.16. The molecule has 0 aromatic carbocycles. The van der Waals surface area contributed by atoms with Gasteiger partial charge in [-0.3, -0.25) is 4.79 Å². The fourth-order valence-electron chi connectivity index (χ4n) is 1.16. The molecule has 2 atom stereocenters. The van der Waals surface area contributed by atoms with Gasteiger partial charge < -0.3 is 4.74 Å². The highest BCUT2D eigenvalue weighted by atomic mass is 16.5. The number of hydrogen-bond donors (Lipinski definition) is 0. The molecule has 0 radical (unpaired) electrons. The Morgan fingerprint density at radius 1 is 1.36 bits per heavy atom. The van der Waals surface area contributed by atoms with Crippen molar-refractivity contribution in [1.82, 2.24) is 0 Å². The molecule has 0 saturated heterocycles. The first kappa shape index (κ1) is 12.4. The van der Waals surface area contributed by atoms with Gasteiger partial charge >= 0.3 is 5.97 Å². The third kappa shape index (κ3) is 3.45. The highest BCUT2D eigenvalue weighted by Crippen LogP contribution is 2.17. The molecule has 4 heteroatoms. The molecule has 0 aromatic heterocycles. The van der Waals surface area contributed by atoms with Crippen LogP contribution in [0.4, 0.5) is 0 Å². The molecule has 4 nitrogen and oxygen atoms in total. The van der Waals surface area contributed by atoms with E-state index >= 15 is 0 Å². The van der Waals surface area contributed by atoms with Crippen molar-refractivity contribution in [2.45, 2.75) is 26.7 Å². The van der Waals surface area contributed by atoms with E-state index < -0.39 is 17.8 Å². The van der Waals surface area contributed by atoms with Crippen LogP contribution in [0.1, 0.15) is 26.7 Å². The first-order valence-corrected chi connectivity index (χ1v) is 4.67. The zero-order chi connectivity index (χ0) is 11.0. The van der Waals surface area contributed by atoms with Gasteiger partial charge in [0, 0.05) is 0 Å². The minimum atomic E-state index is -0.945. The summed E-state index contributed by atoms with van der Waals surface area (Å²) < 4.78 is 4.71. The van der Waals surface area contributed by atoms with Crippen molar-refractivity contribution in [3.8, 4) is 12.1 Å². The molecule has 0 aromatic rings. The molecule has 0 saturated carbocycles. The van der Waals surface area contributed by atoms with E-state index in [2.05, 4.69) is 0 Å². The van der Waals surface area contributed by atoms with Gasteiger partial charge in [0.1, 0.15) is 0 Å². The van der Waals surface area contributed by atoms with Crippen molar-refractivity contribution in [2.75, 3.05) is 6.61 Å². The van der Waals surface area contributed by atoms with Crippen LogP contribution in [0.5, 0.6) is 0 Å². The predicted octanol–water partition coefficient (Wildman–Crippen LogP) is 1.63. The number of ether oxygens (including phenoxy) is 1. The number of nitriles is 2. The van der Waals surface area contributed by atoms with Crippen LogP contribution in [-0.2, 0) is 9.53 Å². The number of hydrogen-bond acceptors (Lipinski definition) is 4. The summed E-state index contributed by atoms with van der Waals surface area (Å²) in [5, 5.41) is 17.5. The summed E-state index contributed by atoms with van der Waals surface area (Å²) in [5.41, 5.74) is 0. The lowest BCUT2D eigenvalue weighted by Gasteiger charge is -2.12. The Bertz CT molecular complexity index is 262. The van der Waals surface area contributed by atoms with Crippen LogP contribution in [0.3, 0.4) is 0 Å². The summed E-state index contributed by atoms with van der Waals surface area (Å²) in [6, 6.07) is 3.80. The number of rotatable bonds is 5. The first-order chi connectivity index (χ1) is 6.71. The standard InChI is InChI=1S/C10H14N2O2/c1-3-5-8(6-11)9(7-12)10(13)14-4-2/h8-9H,3-5H2,1-2H3. The van der Waals surface area contributed by atoms with Gasteiger partial charge in [-0.2, -0.15) is 10.5 Å². The van der Waals surface area contributed by atoms with Gasteiger partial charge in [-0.25, -0.2) is 0 Å². The Hall–Kier alpha value is -1.55. The average molecular weight is 194 g/mol. The van der Waals surface area contributed by atoms with Crippen LogP contribution in [0.25, 0.3) is 0 Å². The molecular formula is C10H14N2O2. The fraction of sp³-hybridized carbons (Fsp3) is 0.700. The normalized spacial score (nSPS) is 13.4. The molecule has 14 heavy (non-hydrogen) atoms. The largest absolute Gasteiger partial charge is 0.465 e. The van der Waals surface area contributed by atoms with E-state index in [1.165, 1.54) is 0 Å². The molecule has 0 heterocycles. The Morgan fingerprint density at radius 2 is 2.00 bits per heavy atom. The van der Waals surface area contributed by atoms with E-state index in [4.69, 9.17) is 15.3 Å². The van der Waals surface area contributed by atoms with Gasteiger partial charge in [0.2, 0.25) is 0 Å². The van der Waals surface area contributed by atoms with E-state index in [0.717, 1.165) is 6.42 Å². The number of nitrogens with zero attached hydrogens (tertiary/aromatic N) is 2. The van der Waals surface area contributed by atoms with E-state index in [-0.39, 0.29) is 6.61 Å². The number of carbonyl (C=O) groups excluding carboxylic acids is 1. The highest BCUT2D eigenvalue weighted by Gasteiger charge is 2.28. The first-order valence-electron chi connectivity index (χ1n) is 4.67. The van der Waals surface area contributed by atoms with Gasteiger partial charge in [-0.15, -0.1) is 0 Å². The molecule has 0 N–H and O–H groups in total. The second kappa shape index (κ2) is 6.91.